The smallest absolute Gasteiger partial charge is 0.119 e. The van der Waals surface area contributed by atoms with Crippen LogP contribution in [-0.2, 0) is 0 Å². The molecule has 1 atom stereocenters. The number of rotatable bonds is 6. The van der Waals surface area contributed by atoms with Gasteiger partial charge in [-0.2, -0.15) is 0 Å². The van der Waals surface area contributed by atoms with Gasteiger partial charge in [-0.3, -0.25) is 4.90 Å². The highest BCUT2D eigenvalue weighted by Crippen LogP contribution is 2.37. The molecule has 3 heteroatoms. The van der Waals surface area contributed by atoms with Gasteiger partial charge in [0.2, 0.25) is 0 Å². The Labute approximate surface area is 129 Å². The van der Waals surface area contributed by atoms with Crippen molar-refractivity contribution in [3.05, 3.63) is 29.8 Å². The molecular weight excluding hydrogens is 260 g/mol. The molecule has 1 fully saturated rings. The van der Waals surface area contributed by atoms with Crippen LogP contribution in [0.25, 0.3) is 0 Å². The highest BCUT2D eigenvalue weighted by atomic mass is 16.5. The highest BCUT2D eigenvalue weighted by Gasteiger charge is 2.31. The van der Waals surface area contributed by atoms with Gasteiger partial charge in [0.15, 0.2) is 0 Å². The summed E-state index contributed by atoms with van der Waals surface area (Å²) in [5, 5.41) is 0. The van der Waals surface area contributed by atoms with Crippen molar-refractivity contribution in [2.45, 2.75) is 46.1 Å². The summed E-state index contributed by atoms with van der Waals surface area (Å²) in [6, 6.07) is 8.72. The maximum absolute atomic E-state index is 6.08. The number of hydrogen-bond acceptors (Lipinski definition) is 3. The highest BCUT2D eigenvalue weighted by molar-refractivity contribution is 5.31. The van der Waals surface area contributed by atoms with E-state index in [0.717, 1.165) is 18.8 Å². The van der Waals surface area contributed by atoms with Crippen LogP contribution in [0.15, 0.2) is 24.3 Å². The van der Waals surface area contributed by atoms with E-state index in [1.807, 2.05) is 13.0 Å². The Kier molecular flexibility index (Phi) is 5.65. The lowest BCUT2D eigenvalue weighted by molar-refractivity contribution is 0.0828. The van der Waals surface area contributed by atoms with Crippen LogP contribution in [0.4, 0.5) is 0 Å². The number of nitrogens with two attached hydrogens (primary N) is 1. The predicted molar refractivity (Wildman–Crippen MR) is 88.6 cm³/mol. The summed E-state index contributed by atoms with van der Waals surface area (Å²) in [7, 11) is 0. The van der Waals surface area contributed by atoms with Gasteiger partial charge in [-0.25, -0.2) is 0 Å². The molecule has 1 heterocycles. The molecule has 1 aromatic rings. The first kappa shape index (κ1) is 16.3. The molecule has 1 aliphatic heterocycles. The molecule has 1 aliphatic rings. The molecule has 0 aliphatic carbocycles. The lowest BCUT2D eigenvalue weighted by Gasteiger charge is -2.42. The second-order valence-corrected chi connectivity index (χ2v) is 6.46. The van der Waals surface area contributed by atoms with Crippen molar-refractivity contribution >= 4 is 0 Å². The zero-order valence-electron chi connectivity index (χ0n) is 13.8. The fraction of sp³-hybridized carbons (Fsp3) is 0.667. The van der Waals surface area contributed by atoms with E-state index in [4.69, 9.17) is 10.5 Å². The molecule has 0 radical (unpaired) electrons. The largest absolute Gasteiger partial charge is 0.494 e. The number of likely N-dealkylation sites (tertiary alicyclic amines) is 1. The summed E-state index contributed by atoms with van der Waals surface area (Å²) in [6.07, 6.45) is 3.81. The SMILES string of the molecule is CCOc1cccc(C(CN)N2CCC(C)(CC)CC2)c1. The fourth-order valence-corrected chi connectivity index (χ4v) is 3.20. The Morgan fingerprint density at radius 1 is 1.29 bits per heavy atom. The third kappa shape index (κ3) is 3.98. The zero-order chi connectivity index (χ0) is 15.3. The van der Waals surface area contributed by atoms with Gasteiger partial charge in [0.05, 0.1) is 6.61 Å². The van der Waals surface area contributed by atoms with Crippen LogP contribution < -0.4 is 10.5 Å². The fourth-order valence-electron chi connectivity index (χ4n) is 3.20. The molecule has 0 spiro atoms. The third-order valence-corrected chi connectivity index (χ3v) is 5.08. The minimum Gasteiger partial charge on any atom is -0.494 e. The summed E-state index contributed by atoms with van der Waals surface area (Å²) in [5.74, 6) is 0.948. The van der Waals surface area contributed by atoms with Crippen molar-refractivity contribution in [2.24, 2.45) is 11.1 Å². The Morgan fingerprint density at radius 2 is 2.00 bits per heavy atom. The van der Waals surface area contributed by atoms with Gasteiger partial charge >= 0.3 is 0 Å². The first-order valence-electron chi connectivity index (χ1n) is 8.28. The Hall–Kier alpha value is -1.06. The van der Waals surface area contributed by atoms with E-state index in [-0.39, 0.29) is 0 Å². The molecule has 2 rings (SSSR count). The molecule has 2 N–H and O–H groups in total. The minimum atomic E-state index is 0.312. The van der Waals surface area contributed by atoms with Crippen molar-refractivity contribution in [3.8, 4) is 5.75 Å². The molecule has 0 aromatic heterocycles. The first-order valence-corrected chi connectivity index (χ1v) is 8.28. The molecule has 3 nitrogen and oxygen atoms in total. The molecule has 1 saturated heterocycles. The molecule has 1 aromatic carbocycles. The summed E-state index contributed by atoms with van der Waals surface area (Å²) in [6.45, 7) is 10.4. The monoisotopic (exact) mass is 290 g/mol. The van der Waals surface area contributed by atoms with E-state index in [9.17, 15) is 0 Å². The summed E-state index contributed by atoms with van der Waals surface area (Å²) >= 11 is 0. The Morgan fingerprint density at radius 3 is 2.57 bits per heavy atom. The molecule has 0 saturated carbocycles. The van der Waals surface area contributed by atoms with Gasteiger partial charge in [0.25, 0.3) is 0 Å². The zero-order valence-corrected chi connectivity index (χ0v) is 13.8. The van der Waals surface area contributed by atoms with Crippen molar-refractivity contribution in [3.63, 3.8) is 0 Å². The number of nitrogens with zero attached hydrogens (tertiary/aromatic N) is 1. The number of hydrogen-bond donors (Lipinski definition) is 1. The van der Waals surface area contributed by atoms with Crippen LogP contribution in [0.3, 0.4) is 0 Å². The molecule has 0 amide bonds. The van der Waals surface area contributed by atoms with Gasteiger partial charge in [0.1, 0.15) is 5.75 Å². The molecule has 1 unspecified atom stereocenters. The maximum atomic E-state index is 6.08. The normalized spacial score (nSPS) is 20.2. The van der Waals surface area contributed by atoms with E-state index >= 15 is 0 Å². The summed E-state index contributed by atoms with van der Waals surface area (Å²) in [5.41, 5.74) is 7.88. The van der Waals surface area contributed by atoms with Crippen molar-refractivity contribution in [2.75, 3.05) is 26.2 Å². The molecule has 118 valence electrons. The van der Waals surface area contributed by atoms with Gasteiger partial charge < -0.3 is 10.5 Å². The summed E-state index contributed by atoms with van der Waals surface area (Å²) in [4.78, 5) is 2.54. The van der Waals surface area contributed by atoms with Crippen molar-refractivity contribution in [1.82, 2.24) is 4.90 Å². The van der Waals surface area contributed by atoms with Gasteiger partial charge in [0, 0.05) is 12.6 Å². The second kappa shape index (κ2) is 7.28. The Balaban J connectivity index is 2.08. The number of benzene rings is 1. The average Bonchev–Trinajstić information content (AvgIpc) is 2.51. The molecular formula is C18H30N2O. The quantitative estimate of drug-likeness (QED) is 0.870. The second-order valence-electron chi connectivity index (χ2n) is 6.46. The van der Waals surface area contributed by atoms with Gasteiger partial charge in [-0.05, 0) is 56.0 Å². The average molecular weight is 290 g/mol. The van der Waals surface area contributed by atoms with Gasteiger partial charge in [-0.15, -0.1) is 0 Å². The lowest BCUT2D eigenvalue weighted by atomic mass is 9.78. The van der Waals surface area contributed by atoms with Crippen LogP contribution >= 0.6 is 0 Å². The van der Waals surface area contributed by atoms with Crippen molar-refractivity contribution in [1.29, 1.82) is 0 Å². The first-order chi connectivity index (χ1) is 10.1. The third-order valence-electron chi connectivity index (χ3n) is 5.08. The number of ether oxygens (including phenoxy) is 1. The predicted octanol–water partition coefficient (Wildman–Crippen LogP) is 3.60. The van der Waals surface area contributed by atoms with Crippen LogP contribution in [0.1, 0.15) is 51.6 Å². The minimum absolute atomic E-state index is 0.312. The van der Waals surface area contributed by atoms with Crippen molar-refractivity contribution < 1.29 is 4.74 Å². The van der Waals surface area contributed by atoms with Crippen LogP contribution in [-0.4, -0.2) is 31.1 Å². The van der Waals surface area contributed by atoms with Crippen LogP contribution in [0.5, 0.6) is 5.75 Å². The van der Waals surface area contributed by atoms with Gasteiger partial charge in [-0.1, -0.05) is 32.4 Å². The van der Waals surface area contributed by atoms with E-state index in [1.54, 1.807) is 0 Å². The maximum Gasteiger partial charge on any atom is 0.119 e. The van der Waals surface area contributed by atoms with E-state index < -0.39 is 0 Å². The lowest BCUT2D eigenvalue weighted by Crippen LogP contribution is -2.42. The van der Waals surface area contributed by atoms with E-state index in [0.29, 0.717) is 24.6 Å². The topological polar surface area (TPSA) is 38.5 Å². The summed E-state index contributed by atoms with van der Waals surface area (Å²) < 4.78 is 5.62. The Bertz CT molecular complexity index is 439. The van der Waals surface area contributed by atoms with E-state index in [1.165, 1.54) is 24.8 Å². The van der Waals surface area contributed by atoms with Crippen LogP contribution in [0, 0.1) is 5.41 Å². The molecule has 0 bridgehead atoms. The standard InChI is InChI=1S/C18H30N2O/c1-4-18(3)9-11-20(12-10-18)17(14-19)15-7-6-8-16(13-15)21-5-2/h6-8,13,17H,4-5,9-12,14,19H2,1-3H3. The van der Waals surface area contributed by atoms with Crippen LogP contribution in [0.2, 0.25) is 0 Å². The number of piperidine rings is 1. The molecule has 21 heavy (non-hydrogen) atoms. The van der Waals surface area contributed by atoms with E-state index in [2.05, 4.69) is 36.9 Å².